The highest BCUT2D eigenvalue weighted by Gasteiger charge is 2.18. The van der Waals surface area contributed by atoms with Gasteiger partial charge in [-0.05, 0) is 18.6 Å². The Morgan fingerprint density at radius 3 is 2.80 bits per heavy atom. The van der Waals surface area contributed by atoms with Crippen molar-refractivity contribution in [2.75, 3.05) is 7.11 Å². The number of aromatic amines is 1. The topological polar surface area (TPSA) is 62.3 Å². The van der Waals surface area contributed by atoms with Crippen LogP contribution in [0, 0.1) is 6.92 Å². The van der Waals surface area contributed by atoms with E-state index in [1.54, 1.807) is 0 Å². The molecule has 0 unspecified atom stereocenters. The van der Waals surface area contributed by atoms with E-state index in [1.165, 1.54) is 7.11 Å². The second-order valence-electron chi connectivity index (χ2n) is 3.34. The van der Waals surface area contributed by atoms with Crippen LogP contribution in [-0.2, 0) is 0 Å². The maximum absolute atomic E-state index is 11.0. The molecule has 2 N–H and O–H groups in total. The summed E-state index contributed by atoms with van der Waals surface area (Å²) < 4.78 is 5.10. The molecule has 0 aliphatic heterocycles. The van der Waals surface area contributed by atoms with Crippen molar-refractivity contribution in [1.82, 2.24) is 4.98 Å². The highest BCUT2D eigenvalue weighted by molar-refractivity contribution is 6.01. The van der Waals surface area contributed by atoms with E-state index in [2.05, 4.69) is 4.98 Å². The van der Waals surface area contributed by atoms with Crippen LogP contribution in [0.4, 0.5) is 0 Å². The van der Waals surface area contributed by atoms with Crippen molar-refractivity contribution < 1.29 is 14.6 Å². The predicted molar refractivity (Wildman–Crippen MR) is 56.5 cm³/mol. The normalized spacial score (nSPS) is 10.5. The number of carboxylic acid groups (broad SMARTS) is 1. The second-order valence-corrected chi connectivity index (χ2v) is 3.34. The minimum atomic E-state index is -1.01. The zero-order valence-electron chi connectivity index (χ0n) is 8.50. The second kappa shape index (κ2) is 3.31. The van der Waals surface area contributed by atoms with Gasteiger partial charge in [0.1, 0.15) is 0 Å². The van der Waals surface area contributed by atoms with E-state index in [-0.39, 0.29) is 5.69 Å². The maximum Gasteiger partial charge on any atom is 0.356 e. The molecule has 0 atom stereocenters. The smallest absolute Gasteiger partial charge is 0.356 e. The van der Waals surface area contributed by atoms with Crippen LogP contribution in [0.15, 0.2) is 18.2 Å². The van der Waals surface area contributed by atoms with E-state index in [9.17, 15) is 4.79 Å². The zero-order chi connectivity index (χ0) is 11.0. The molecule has 1 heterocycles. The highest BCUT2D eigenvalue weighted by atomic mass is 16.5. The summed E-state index contributed by atoms with van der Waals surface area (Å²) in [4.78, 5) is 13.8. The summed E-state index contributed by atoms with van der Waals surface area (Å²) in [5.41, 5.74) is 1.91. The van der Waals surface area contributed by atoms with Gasteiger partial charge in [0.2, 0.25) is 0 Å². The van der Waals surface area contributed by atoms with Crippen LogP contribution in [0.1, 0.15) is 16.1 Å². The average molecular weight is 205 g/mol. The highest BCUT2D eigenvalue weighted by Crippen LogP contribution is 2.31. The zero-order valence-corrected chi connectivity index (χ0v) is 8.50. The first kappa shape index (κ1) is 9.58. The van der Waals surface area contributed by atoms with Gasteiger partial charge in [0.05, 0.1) is 12.6 Å². The Labute approximate surface area is 86.5 Å². The van der Waals surface area contributed by atoms with Gasteiger partial charge < -0.3 is 14.8 Å². The number of benzene rings is 1. The fraction of sp³-hybridized carbons (Fsp3) is 0.182. The summed E-state index contributed by atoms with van der Waals surface area (Å²) >= 11 is 0. The standard InChI is InChI=1S/C11H11NO3/c1-6-4-3-5-7-8(6)12-9(11(13)14)10(7)15-2/h3-5,12H,1-2H3,(H,13,14). The molecule has 0 aliphatic rings. The molecular formula is C11H11NO3. The molecule has 15 heavy (non-hydrogen) atoms. The summed E-state index contributed by atoms with van der Waals surface area (Å²) in [6.45, 7) is 1.92. The van der Waals surface area contributed by atoms with Crippen molar-refractivity contribution >= 4 is 16.9 Å². The Balaban J connectivity index is 2.84. The predicted octanol–water partition coefficient (Wildman–Crippen LogP) is 2.18. The molecule has 2 rings (SSSR count). The monoisotopic (exact) mass is 205 g/mol. The van der Waals surface area contributed by atoms with Gasteiger partial charge in [0.15, 0.2) is 11.4 Å². The van der Waals surface area contributed by atoms with Crippen molar-refractivity contribution in [3.05, 3.63) is 29.5 Å². The number of H-pyrrole nitrogens is 1. The minimum absolute atomic E-state index is 0.0989. The first-order chi connectivity index (χ1) is 7.15. The SMILES string of the molecule is COc1c(C(=O)O)[nH]c2c(C)cccc12. The Morgan fingerprint density at radius 1 is 1.47 bits per heavy atom. The summed E-state index contributed by atoms with van der Waals surface area (Å²) in [6, 6.07) is 5.63. The van der Waals surface area contributed by atoms with Crippen molar-refractivity contribution in [3.63, 3.8) is 0 Å². The van der Waals surface area contributed by atoms with Crippen molar-refractivity contribution in [3.8, 4) is 5.75 Å². The number of aromatic nitrogens is 1. The van der Waals surface area contributed by atoms with Crippen LogP contribution in [0.5, 0.6) is 5.75 Å². The molecule has 0 bridgehead atoms. The third-order valence-corrected chi connectivity index (χ3v) is 2.41. The van der Waals surface area contributed by atoms with Crippen LogP contribution in [0.2, 0.25) is 0 Å². The van der Waals surface area contributed by atoms with Crippen molar-refractivity contribution in [2.45, 2.75) is 6.92 Å². The molecule has 2 aromatic rings. The van der Waals surface area contributed by atoms with Gasteiger partial charge in [-0.1, -0.05) is 12.1 Å². The van der Waals surface area contributed by atoms with Crippen LogP contribution in [-0.4, -0.2) is 23.2 Å². The molecule has 78 valence electrons. The number of rotatable bonds is 2. The molecule has 1 aromatic heterocycles. The van der Waals surface area contributed by atoms with Gasteiger partial charge in [0, 0.05) is 5.39 Å². The number of carbonyl (C=O) groups is 1. The van der Waals surface area contributed by atoms with E-state index in [0.29, 0.717) is 5.75 Å². The lowest BCUT2D eigenvalue weighted by atomic mass is 10.1. The minimum Gasteiger partial charge on any atom is -0.494 e. The third kappa shape index (κ3) is 1.34. The van der Waals surface area contributed by atoms with Crippen LogP contribution in [0.25, 0.3) is 10.9 Å². The molecule has 0 fully saturated rings. The Kier molecular flexibility index (Phi) is 2.11. The van der Waals surface area contributed by atoms with Gasteiger partial charge in [-0.2, -0.15) is 0 Å². The lowest BCUT2D eigenvalue weighted by Gasteiger charge is -1.98. The molecule has 0 aliphatic carbocycles. The van der Waals surface area contributed by atoms with E-state index in [0.717, 1.165) is 16.5 Å². The number of hydrogen-bond donors (Lipinski definition) is 2. The molecule has 1 aromatic carbocycles. The molecular weight excluding hydrogens is 194 g/mol. The van der Waals surface area contributed by atoms with Gasteiger partial charge in [-0.25, -0.2) is 4.79 Å². The van der Waals surface area contributed by atoms with Crippen molar-refractivity contribution in [1.29, 1.82) is 0 Å². The van der Waals surface area contributed by atoms with E-state index >= 15 is 0 Å². The molecule has 4 nitrogen and oxygen atoms in total. The van der Waals surface area contributed by atoms with E-state index < -0.39 is 5.97 Å². The van der Waals surface area contributed by atoms with Gasteiger partial charge in [-0.15, -0.1) is 0 Å². The number of methoxy groups -OCH3 is 1. The van der Waals surface area contributed by atoms with Crippen LogP contribution >= 0.6 is 0 Å². The summed E-state index contributed by atoms with van der Waals surface area (Å²) in [5.74, 6) is -0.622. The van der Waals surface area contributed by atoms with Crippen LogP contribution < -0.4 is 4.74 Å². The maximum atomic E-state index is 11.0. The average Bonchev–Trinajstić information content (AvgIpc) is 2.57. The Morgan fingerprint density at radius 2 is 2.20 bits per heavy atom. The van der Waals surface area contributed by atoms with Gasteiger partial charge in [-0.3, -0.25) is 0 Å². The van der Waals surface area contributed by atoms with E-state index in [4.69, 9.17) is 9.84 Å². The largest absolute Gasteiger partial charge is 0.494 e. The number of para-hydroxylation sites is 1. The first-order valence-corrected chi connectivity index (χ1v) is 4.53. The molecule has 0 amide bonds. The third-order valence-electron chi connectivity index (χ3n) is 2.41. The number of ether oxygens (including phenoxy) is 1. The number of aryl methyl sites for hydroxylation is 1. The van der Waals surface area contributed by atoms with Gasteiger partial charge >= 0.3 is 5.97 Å². The Hall–Kier alpha value is -1.97. The number of carboxylic acids is 1. The Bertz CT molecular complexity index is 528. The first-order valence-electron chi connectivity index (χ1n) is 4.53. The number of nitrogens with one attached hydrogen (secondary N) is 1. The molecule has 0 spiro atoms. The van der Waals surface area contributed by atoms with Crippen LogP contribution in [0.3, 0.4) is 0 Å². The van der Waals surface area contributed by atoms with E-state index in [1.807, 2.05) is 25.1 Å². The quantitative estimate of drug-likeness (QED) is 0.789. The molecule has 4 heteroatoms. The summed E-state index contributed by atoms with van der Waals surface area (Å²) in [7, 11) is 1.47. The van der Waals surface area contributed by atoms with Gasteiger partial charge in [0.25, 0.3) is 0 Å². The lowest BCUT2D eigenvalue weighted by Crippen LogP contribution is -1.99. The number of hydrogen-bond acceptors (Lipinski definition) is 2. The number of fused-ring (bicyclic) bond motifs is 1. The van der Waals surface area contributed by atoms with Crippen molar-refractivity contribution in [2.24, 2.45) is 0 Å². The fourth-order valence-electron chi connectivity index (χ4n) is 1.70. The molecule has 0 radical (unpaired) electrons. The summed E-state index contributed by atoms with van der Waals surface area (Å²) in [5, 5.41) is 9.78. The molecule has 0 saturated heterocycles. The number of aromatic carboxylic acids is 1. The fourth-order valence-corrected chi connectivity index (χ4v) is 1.70. The summed E-state index contributed by atoms with van der Waals surface area (Å²) in [6.07, 6.45) is 0. The lowest BCUT2D eigenvalue weighted by molar-refractivity contribution is 0.0688. The molecule has 0 saturated carbocycles.